The van der Waals surface area contributed by atoms with E-state index in [0.29, 0.717) is 11.0 Å². The first-order valence-electron chi connectivity index (χ1n) is 7.67. The Morgan fingerprint density at radius 3 is 2.36 bits per heavy atom. The maximum absolute atomic E-state index is 13.0. The van der Waals surface area contributed by atoms with Gasteiger partial charge in [0.1, 0.15) is 5.58 Å². The molecule has 2 aromatic rings. The number of amides is 1. The third kappa shape index (κ3) is 3.08. The molecule has 2 heterocycles. The fourth-order valence-electron chi connectivity index (χ4n) is 3.12. The number of likely N-dealkylation sites (tertiary alicyclic amines) is 1. The molecule has 1 saturated heterocycles. The van der Waals surface area contributed by atoms with Crippen molar-refractivity contribution in [2.75, 3.05) is 13.1 Å². The molecule has 2 atom stereocenters. The van der Waals surface area contributed by atoms with Crippen LogP contribution in [0.1, 0.15) is 21.7 Å². The number of halogens is 3. The lowest BCUT2D eigenvalue weighted by molar-refractivity contribution is -0.187. The lowest BCUT2D eigenvalue weighted by atomic mass is 9.96. The Morgan fingerprint density at radius 2 is 1.80 bits per heavy atom. The highest BCUT2D eigenvalue weighted by molar-refractivity contribution is 5.96. The quantitative estimate of drug-likeness (QED) is 0.896. The molecule has 1 aliphatic heterocycles. The van der Waals surface area contributed by atoms with E-state index in [0.717, 1.165) is 16.0 Å². The highest BCUT2D eigenvalue weighted by atomic mass is 19.4. The Balaban J connectivity index is 1.89. The van der Waals surface area contributed by atoms with E-state index >= 15 is 0 Å². The first-order valence-corrected chi connectivity index (χ1v) is 7.67. The van der Waals surface area contributed by atoms with Crippen molar-refractivity contribution in [3.8, 4) is 0 Å². The number of hydrogen-bond donors (Lipinski definition) is 1. The summed E-state index contributed by atoms with van der Waals surface area (Å²) < 4.78 is 44.6. The molecule has 0 spiro atoms. The summed E-state index contributed by atoms with van der Waals surface area (Å²) in [6.07, 6.45) is -4.68. The molecule has 1 aromatic heterocycles. The second-order valence-electron chi connectivity index (χ2n) is 6.39. The highest BCUT2D eigenvalue weighted by Crippen LogP contribution is 2.38. The van der Waals surface area contributed by atoms with Gasteiger partial charge in [0.15, 0.2) is 5.76 Å². The van der Waals surface area contributed by atoms with Crippen molar-refractivity contribution in [2.45, 2.75) is 20.0 Å². The van der Waals surface area contributed by atoms with E-state index in [2.05, 4.69) is 0 Å². The number of carbonyl (C=O) groups is 2. The van der Waals surface area contributed by atoms with E-state index in [9.17, 15) is 22.8 Å². The molecule has 1 fully saturated rings. The van der Waals surface area contributed by atoms with Crippen LogP contribution in [-0.2, 0) is 4.79 Å². The molecule has 134 valence electrons. The number of furan rings is 1. The number of rotatable bonds is 2. The van der Waals surface area contributed by atoms with Crippen LogP contribution in [0.3, 0.4) is 0 Å². The van der Waals surface area contributed by atoms with Crippen molar-refractivity contribution in [3.63, 3.8) is 0 Å². The van der Waals surface area contributed by atoms with E-state index in [1.165, 1.54) is 6.07 Å². The van der Waals surface area contributed by atoms with Gasteiger partial charge >= 0.3 is 12.1 Å². The molecule has 5 nitrogen and oxygen atoms in total. The molecule has 1 aliphatic rings. The van der Waals surface area contributed by atoms with E-state index < -0.39 is 43.0 Å². The van der Waals surface area contributed by atoms with Crippen LogP contribution in [0.4, 0.5) is 13.2 Å². The normalized spacial score (nSPS) is 21.1. The number of benzene rings is 1. The molecule has 0 bridgehead atoms. The van der Waals surface area contributed by atoms with Crippen LogP contribution in [0.5, 0.6) is 0 Å². The molecule has 0 saturated carbocycles. The van der Waals surface area contributed by atoms with Gasteiger partial charge in [-0.25, -0.2) is 0 Å². The molecule has 3 rings (SSSR count). The molecular formula is C17H16F3NO4. The van der Waals surface area contributed by atoms with E-state index in [1.54, 1.807) is 6.07 Å². The van der Waals surface area contributed by atoms with Gasteiger partial charge in [0.05, 0.1) is 11.8 Å². The minimum absolute atomic E-state index is 0.0908. The largest absolute Gasteiger partial charge is 0.481 e. The van der Waals surface area contributed by atoms with Gasteiger partial charge in [0.25, 0.3) is 5.91 Å². The minimum Gasteiger partial charge on any atom is -0.481 e. The summed E-state index contributed by atoms with van der Waals surface area (Å²) in [7, 11) is 0. The summed E-state index contributed by atoms with van der Waals surface area (Å²) >= 11 is 0. The molecule has 8 heteroatoms. The minimum atomic E-state index is -4.68. The first kappa shape index (κ1) is 17.3. The van der Waals surface area contributed by atoms with Gasteiger partial charge in [0, 0.05) is 18.5 Å². The monoisotopic (exact) mass is 355 g/mol. The number of fused-ring (bicyclic) bond motifs is 1. The molecule has 0 radical (unpaired) electrons. The maximum Gasteiger partial charge on any atom is 0.394 e. The van der Waals surface area contributed by atoms with Crippen molar-refractivity contribution >= 4 is 22.8 Å². The van der Waals surface area contributed by atoms with Gasteiger partial charge in [-0.15, -0.1) is 0 Å². The summed E-state index contributed by atoms with van der Waals surface area (Å²) in [6.45, 7) is 2.60. The fraction of sp³-hybridized carbons (Fsp3) is 0.412. The smallest absolute Gasteiger partial charge is 0.394 e. The average molecular weight is 355 g/mol. The molecule has 1 N–H and O–H groups in total. The summed E-state index contributed by atoms with van der Waals surface area (Å²) in [5, 5.41) is 9.71. The molecule has 1 amide bonds. The lowest BCUT2D eigenvalue weighted by Crippen LogP contribution is -2.34. The molecular weight excluding hydrogens is 339 g/mol. The van der Waals surface area contributed by atoms with Crippen LogP contribution in [0, 0.1) is 25.7 Å². The summed E-state index contributed by atoms with van der Waals surface area (Å²) in [6, 6.07) is 5.05. The van der Waals surface area contributed by atoms with E-state index in [1.807, 2.05) is 19.9 Å². The fourth-order valence-corrected chi connectivity index (χ4v) is 3.12. The zero-order valence-corrected chi connectivity index (χ0v) is 13.6. The Bertz CT molecular complexity index is 816. The number of aliphatic carboxylic acids is 1. The predicted octanol–water partition coefficient (Wildman–Crippen LogP) is 3.38. The van der Waals surface area contributed by atoms with Crippen LogP contribution < -0.4 is 0 Å². The van der Waals surface area contributed by atoms with Crippen LogP contribution >= 0.6 is 0 Å². The predicted molar refractivity (Wildman–Crippen MR) is 82.3 cm³/mol. The Morgan fingerprint density at radius 1 is 1.16 bits per heavy atom. The Hall–Kier alpha value is -2.51. The van der Waals surface area contributed by atoms with E-state index in [-0.39, 0.29) is 5.76 Å². The molecule has 0 aliphatic carbocycles. The highest BCUT2D eigenvalue weighted by Gasteiger charge is 2.53. The second-order valence-corrected chi connectivity index (χ2v) is 6.39. The van der Waals surface area contributed by atoms with Crippen LogP contribution in [0.15, 0.2) is 22.6 Å². The van der Waals surface area contributed by atoms with Gasteiger partial charge in [-0.1, -0.05) is 0 Å². The van der Waals surface area contributed by atoms with Crippen LogP contribution in [-0.4, -0.2) is 41.1 Å². The van der Waals surface area contributed by atoms with Crippen LogP contribution in [0.2, 0.25) is 0 Å². The maximum atomic E-state index is 13.0. The molecule has 1 aromatic carbocycles. The number of carboxylic acids is 1. The standard InChI is InChI=1S/C17H16F3NO4/c1-8-3-10-5-14(25-13(10)4-9(8)2)15(22)21-6-11(16(23)24)12(7-21)17(18,19)20/h3-5,11-12H,6-7H2,1-2H3,(H,23,24)/t11-,12-/m1/s1. The summed E-state index contributed by atoms with van der Waals surface area (Å²) in [4.78, 5) is 24.5. The average Bonchev–Trinajstić information content (AvgIpc) is 3.10. The van der Waals surface area contributed by atoms with E-state index in [4.69, 9.17) is 9.52 Å². The van der Waals surface area contributed by atoms with Gasteiger partial charge < -0.3 is 14.4 Å². The van der Waals surface area contributed by atoms with Crippen molar-refractivity contribution in [1.82, 2.24) is 4.90 Å². The zero-order valence-electron chi connectivity index (χ0n) is 13.6. The SMILES string of the molecule is Cc1cc2cc(C(=O)N3C[C@@H](C(F)(F)F)[C@H](C(=O)O)C3)oc2cc1C. The van der Waals surface area contributed by atoms with Crippen molar-refractivity contribution < 1.29 is 32.3 Å². The summed E-state index contributed by atoms with van der Waals surface area (Å²) in [5.41, 5.74) is 2.43. The number of carbonyl (C=O) groups excluding carboxylic acids is 1. The number of carboxylic acid groups (broad SMARTS) is 1. The third-order valence-corrected chi connectivity index (χ3v) is 4.69. The van der Waals surface area contributed by atoms with Crippen molar-refractivity contribution in [3.05, 3.63) is 35.1 Å². The summed E-state index contributed by atoms with van der Waals surface area (Å²) in [5.74, 6) is -6.13. The van der Waals surface area contributed by atoms with Gasteiger partial charge in [-0.2, -0.15) is 13.2 Å². The Labute approximate surface area is 141 Å². The molecule has 0 unspecified atom stereocenters. The second kappa shape index (κ2) is 5.79. The number of aryl methyl sites for hydroxylation is 2. The van der Waals surface area contributed by atoms with Gasteiger partial charge in [-0.3, -0.25) is 9.59 Å². The molecule has 25 heavy (non-hydrogen) atoms. The van der Waals surface area contributed by atoms with Crippen LogP contribution in [0.25, 0.3) is 11.0 Å². The number of alkyl halides is 3. The Kier molecular flexibility index (Phi) is 4.01. The lowest BCUT2D eigenvalue weighted by Gasteiger charge is -2.17. The number of hydrogen-bond acceptors (Lipinski definition) is 3. The van der Waals surface area contributed by atoms with Gasteiger partial charge in [-0.05, 0) is 43.2 Å². The first-order chi connectivity index (χ1) is 11.6. The van der Waals surface area contributed by atoms with Crippen molar-refractivity contribution in [2.24, 2.45) is 11.8 Å². The van der Waals surface area contributed by atoms with Gasteiger partial charge in [0.2, 0.25) is 0 Å². The third-order valence-electron chi connectivity index (χ3n) is 4.69. The number of nitrogens with zero attached hydrogens (tertiary/aromatic N) is 1. The van der Waals surface area contributed by atoms with Crippen molar-refractivity contribution in [1.29, 1.82) is 0 Å². The topological polar surface area (TPSA) is 70.8 Å². The zero-order chi connectivity index (χ0) is 18.5.